The topological polar surface area (TPSA) is 97.3 Å². The monoisotopic (exact) mass is 755 g/mol. The first-order chi connectivity index (χ1) is 26.3. The molecule has 55 heavy (non-hydrogen) atoms. The Balaban J connectivity index is 1.57. The second-order valence-electron chi connectivity index (χ2n) is 16.3. The molecule has 6 rings (SSSR count). The molecule has 2 aliphatic rings. The minimum absolute atomic E-state index is 0.0438. The molecule has 0 aliphatic carbocycles. The number of methoxy groups -OCH3 is 2. The number of anilines is 1. The van der Waals surface area contributed by atoms with E-state index < -0.39 is 18.2 Å². The van der Waals surface area contributed by atoms with Crippen LogP contribution in [0.1, 0.15) is 87.5 Å². The van der Waals surface area contributed by atoms with Crippen molar-refractivity contribution in [2.45, 2.75) is 72.3 Å². The van der Waals surface area contributed by atoms with E-state index in [1.807, 2.05) is 72.8 Å². The van der Waals surface area contributed by atoms with Gasteiger partial charge in [0, 0.05) is 65.6 Å². The minimum Gasteiger partial charge on any atom is -0.467 e. The molecule has 0 spiro atoms. The Bertz CT molecular complexity index is 1760. The molecule has 0 unspecified atom stereocenters. The van der Waals surface area contributed by atoms with Crippen molar-refractivity contribution < 1.29 is 43.0 Å². The summed E-state index contributed by atoms with van der Waals surface area (Å²) < 4.78 is 48.3. The van der Waals surface area contributed by atoms with E-state index in [1.54, 1.807) is 14.2 Å². The van der Waals surface area contributed by atoms with Gasteiger partial charge in [0.15, 0.2) is 26.2 Å². The van der Waals surface area contributed by atoms with Crippen LogP contribution in [0.4, 0.5) is 5.69 Å². The lowest BCUT2D eigenvalue weighted by Gasteiger charge is -2.38. The van der Waals surface area contributed by atoms with E-state index in [-0.39, 0.29) is 30.5 Å². The molecule has 2 saturated heterocycles. The third-order valence-corrected chi connectivity index (χ3v) is 9.91. The van der Waals surface area contributed by atoms with Gasteiger partial charge in [-0.3, -0.25) is 0 Å². The first kappa shape index (κ1) is 40.7. The Kier molecular flexibility index (Phi) is 12.9. The first-order valence-electron chi connectivity index (χ1n) is 19.0. The lowest BCUT2D eigenvalue weighted by atomic mass is 9.78. The molecule has 0 radical (unpaired) electrons. The largest absolute Gasteiger partial charge is 0.467 e. The minimum atomic E-state index is -1.88. The Morgan fingerprint density at radius 3 is 1.62 bits per heavy atom. The van der Waals surface area contributed by atoms with Gasteiger partial charge >= 0.3 is 0 Å². The molecule has 2 heterocycles. The van der Waals surface area contributed by atoms with E-state index in [2.05, 4.69) is 64.6 Å². The summed E-state index contributed by atoms with van der Waals surface area (Å²) in [7, 11) is 3.13. The van der Waals surface area contributed by atoms with E-state index in [0.29, 0.717) is 61.2 Å². The van der Waals surface area contributed by atoms with Crippen molar-refractivity contribution in [3.05, 3.63) is 124 Å². The van der Waals surface area contributed by atoms with Crippen LogP contribution in [0.2, 0.25) is 0 Å². The molecule has 296 valence electrons. The van der Waals surface area contributed by atoms with Crippen LogP contribution in [0.25, 0.3) is 0 Å². The third-order valence-electron chi connectivity index (χ3n) is 9.91. The van der Waals surface area contributed by atoms with Gasteiger partial charge in [-0.25, -0.2) is 0 Å². The van der Waals surface area contributed by atoms with Crippen molar-refractivity contribution in [3.8, 4) is 11.5 Å². The lowest BCUT2D eigenvalue weighted by molar-refractivity contribution is -0.226. The van der Waals surface area contributed by atoms with Crippen LogP contribution < -0.4 is 14.4 Å². The first-order valence-corrected chi connectivity index (χ1v) is 19.0. The molecule has 0 bridgehead atoms. The van der Waals surface area contributed by atoms with Crippen LogP contribution in [0, 0.1) is 10.8 Å². The van der Waals surface area contributed by atoms with Gasteiger partial charge in [-0.1, -0.05) is 82.3 Å². The SMILES string of the molecule is COCOc1ccc(C2OCC(C)(C)CO2)cc1C(O)(c1cccc(N(Cc2ccccc2)C(C)C)c1)c1cc(C2OCC(C)(C)CO2)ccc1OCOC. The highest BCUT2D eigenvalue weighted by atomic mass is 16.7. The van der Waals surface area contributed by atoms with Crippen LogP contribution in [0.3, 0.4) is 0 Å². The summed E-state index contributed by atoms with van der Waals surface area (Å²) in [5.41, 5.74) is 2.91. The molecular formula is C45H57NO9. The maximum absolute atomic E-state index is 13.9. The quantitative estimate of drug-likeness (QED) is 0.0940. The summed E-state index contributed by atoms with van der Waals surface area (Å²) in [5.74, 6) is 0.823. The molecule has 10 nitrogen and oxygen atoms in total. The second kappa shape index (κ2) is 17.4. The Labute approximate surface area is 326 Å². The van der Waals surface area contributed by atoms with Crippen molar-refractivity contribution in [3.63, 3.8) is 0 Å². The van der Waals surface area contributed by atoms with E-state index >= 15 is 0 Å². The zero-order valence-electron chi connectivity index (χ0n) is 33.5. The predicted molar refractivity (Wildman–Crippen MR) is 211 cm³/mol. The second-order valence-corrected chi connectivity index (χ2v) is 16.3. The zero-order chi connectivity index (χ0) is 39.2. The van der Waals surface area contributed by atoms with Crippen LogP contribution >= 0.6 is 0 Å². The van der Waals surface area contributed by atoms with Crippen molar-refractivity contribution in [2.75, 3.05) is 59.1 Å². The predicted octanol–water partition coefficient (Wildman–Crippen LogP) is 8.49. The summed E-state index contributed by atoms with van der Waals surface area (Å²) in [5, 5.41) is 13.9. The molecule has 4 aromatic carbocycles. The summed E-state index contributed by atoms with van der Waals surface area (Å²) in [6.07, 6.45) is -1.30. The summed E-state index contributed by atoms with van der Waals surface area (Å²) in [6, 6.07) is 29.8. The number of hydrogen-bond acceptors (Lipinski definition) is 10. The average molecular weight is 756 g/mol. The highest BCUT2D eigenvalue weighted by Crippen LogP contribution is 2.48. The Hall–Kier alpha value is -4.00. The summed E-state index contributed by atoms with van der Waals surface area (Å²) in [4.78, 5) is 2.31. The fourth-order valence-electron chi connectivity index (χ4n) is 6.94. The van der Waals surface area contributed by atoms with E-state index in [4.69, 9.17) is 37.9 Å². The van der Waals surface area contributed by atoms with E-state index in [9.17, 15) is 5.11 Å². The highest BCUT2D eigenvalue weighted by Gasteiger charge is 2.42. The maximum Gasteiger partial charge on any atom is 0.188 e. The molecule has 0 aromatic heterocycles. The van der Waals surface area contributed by atoms with Crippen molar-refractivity contribution in [2.24, 2.45) is 10.8 Å². The van der Waals surface area contributed by atoms with Crippen molar-refractivity contribution in [1.29, 1.82) is 0 Å². The van der Waals surface area contributed by atoms with Gasteiger partial charge in [-0.05, 0) is 61.4 Å². The van der Waals surface area contributed by atoms with Crippen LogP contribution in [0.5, 0.6) is 11.5 Å². The Morgan fingerprint density at radius 1 is 0.673 bits per heavy atom. The highest BCUT2D eigenvalue weighted by molar-refractivity contribution is 5.61. The standard InChI is InChI=1S/C45H57NO9/c1-31(2)46(24-32-13-10-9-11-14-32)36-16-12-15-35(23-36)45(47,37-21-33(17-19-39(37)54-29-48-7)41-50-25-43(3,4)26-51-41)38-22-34(18-20-40(38)55-30-49-8)42-52-27-44(5,6)28-53-42/h9-23,31,41-42,47H,24-30H2,1-8H3. The summed E-state index contributed by atoms with van der Waals surface area (Å²) >= 11 is 0. The molecular weight excluding hydrogens is 698 g/mol. The average Bonchev–Trinajstić information content (AvgIpc) is 3.18. The summed E-state index contributed by atoms with van der Waals surface area (Å²) in [6.45, 7) is 15.4. The van der Waals surface area contributed by atoms with Crippen LogP contribution in [-0.2, 0) is 40.6 Å². The number of hydrogen-bond donors (Lipinski definition) is 1. The van der Waals surface area contributed by atoms with Gasteiger partial charge in [0.2, 0.25) is 0 Å². The van der Waals surface area contributed by atoms with E-state index in [0.717, 1.165) is 16.8 Å². The molecule has 0 amide bonds. The maximum atomic E-state index is 13.9. The van der Waals surface area contributed by atoms with Gasteiger partial charge in [0.1, 0.15) is 17.1 Å². The van der Waals surface area contributed by atoms with Crippen molar-refractivity contribution in [1.82, 2.24) is 0 Å². The molecule has 0 atom stereocenters. The molecule has 1 N–H and O–H groups in total. The van der Waals surface area contributed by atoms with Gasteiger partial charge in [-0.2, -0.15) is 0 Å². The van der Waals surface area contributed by atoms with Gasteiger partial charge in [0.05, 0.1) is 26.4 Å². The third kappa shape index (κ3) is 9.52. The number of aliphatic hydroxyl groups is 1. The fraction of sp³-hybridized carbons (Fsp3) is 0.467. The molecule has 10 heteroatoms. The zero-order valence-corrected chi connectivity index (χ0v) is 33.5. The normalized spacial score (nSPS) is 17.6. The molecule has 0 saturated carbocycles. The van der Waals surface area contributed by atoms with E-state index in [1.165, 1.54) is 5.56 Å². The smallest absolute Gasteiger partial charge is 0.188 e. The molecule has 4 aromatic rings. The molecule has 2 fully saturated rings. The fourth-order valence-corrected chi connectivity index (χ4v) is 6.94. The Morgan fingerprint density at radius 2 is 1.16 bits per heavy atom. The van der Waals surface area contributed by atoms with Gasteiger partial charge in [-0.15, -0.1) is 0 Å². The van der Waals surface area contributed by atoms with Crippen molar-refractivity contribution >= 4 is 5.69 Å². The van der Waals surface area contributed by atoms with Gasteiger partial charge in [0.25, 0.3) is 0 Å². The van der Waals surface area contributed by atoms with Gasteiger partial charge < -0.3 is 47.9 Å². The number of rotatable bonds is 15. The van der Waals surface area contributed by atoms with Crippen LogP contribution in [-0.4, -0.2) is 65.4 Å². The number of ether oxygens (including phenoxy) is 8. The number of nitrogens with zero attached hydrogens (tertiary/aromatic N) is 1. The number of benzene rings is 4. The lowest BCUT2D eigenvalue weighted by Crippen LogP contribution is -2.35. The van der Waals surface area contributed by atoms with Crippen LogP contribution in [0.15, 0.2) is 91.0 Å². The molecule has 2 aliphatic heterocycles.